The Morgan fingerprint density at radius 2 is 2.27 bits per heavy atom. The first-order valence-electron chi connectivity index (χ1n) is 5.02. The minimum atomic E-state index is -1.12. The zero-order valence-corrected chi connectivity index (χ0v) is 8.40. The first-order chi connectivity index (χ1) is 7.15. The van der Waals surface area contributed by atoms with Gasteiger partial charge in [-0.3, -0.25) is 4.79 Å². The molecule has 1 saturated heterocycles. The fourth-order valence-corrected chi connectivity index (χ4v) is 1.57. The van der Waals surface area contributed by atoms with E-state index in [1.54, 1.807) is 0 Å². The number of aliphatic hydroxyl groups is 1. The van der Waals surface area contributed by atoms with E-state index in [-0.39, 0.29) is 25.0 Å². The van der Waals surface area contributed by atoms with Crippen molar-refractivity contribution < 1.29 is 19.8 Å². The summed E-state index contributed by atoms with van der Waals surface area (Å²) in [5, 5.41) is 22.8. The lowest BCUT2D eigenvalue weighted by molar-refractivity contribution is -0.142. The molecule has 0 aromatic rings. The Morgan fingerprint density at radius 1 is 1.53 bits per heavy atom. The number of rotatable bonds is 5. The summed E-state index contributed by atoms with van der Waals surface area (Å²) in [7, 11) is 0. The summed E-state index contributed by atoms with van der Waals surface area (Å²) in [5.74, 6) is -1.41. The second-order valence-corrected chi connectivity index (χ2v) is 3.56. The molecular formula is C9H16N2O4. The Hall–Kier alpha value is -1.14. The predicted octanol–water partition coefficient (Wildman–Crippen LogP) is -1.31. The van der Waals surface area contributed by atoms with Crippen molar-refractivity contribution in [2.75, 3.05) is 13.2 Å². The summed E-state index contributed by atoms with van der Waals surface area (Å²) in [5.41, 5.74) is 0. The molecular weight excluding hydrogens is 200 g/mol. The quantitative estimate of drug-likeness (QED) is 0.457. The maximum absolute atomic E-state index is 11.5. The third kappa shape index (κ3) is 3.49. The van der Waals surface area contributed by atoms with Crippen LogP contribution in [-0.2, 0) is 9.59 Å². The van der Waals surface area contributed by atoms with E-state index in [1.165, 1.54) is 0 Å². The van der Waals surface area contributed by atoms with E-state index >= 15 is 0 Å². The van der Waals surface area contributed by atoms with E-state index in [1.807, 2.05) is 0 Å². The molecule has 0 saturated carbocycles. The number of aliphatic hydroxyl groups excluding tert-OH is 1. The average Bonchev–Trinajstić information content (AvgIpc) is 2.69. The van der Waals surface area contributed by atoms with Gasteiger partial charge in [0, 0.05) is 13.0 Å². The van der Waals surface area contributed by atoms with Gasteiger partial charge in [0.15, 0.2) is 0 Å². The molecule has 0 radical (unpaired) electrons. The molecule has 1 aliphatic rings. The van der Waals surface area contributed by atoms with Crippen molar-refractivity contribution in [2.45, 2.75) is 31.3 Å². The highest BCUT2D eigenvalue weighted by molar-refractivity contribution is 5.87. The summed E-state index contributed by atoms with van der Waals surface area (Å²) >= 11 is 0. The largest absolute Gasteiger partial charge is 0.480 e. The molecule has 0 aromatic heterocycles. The minimum absolute atomic E-state index is 0.0355. The first-order valence-corrected chi connectivity index (χ1v) is 5.02. The van der Waals surface area contributed by atoms with Crippen LogP contribution < -0.4 is 10.6 Å². The Labute approximate surface area is 87.7 Å². The summed E-state index contributed by atoms with van der Waals surface area (Å²) in [6, 6.07) is -1.28. The number of amides is 1. The van der Waals surface area contributed by atoms with Crippen molar-refractivity contribution in [1.82, 2.24) is 10.6 Å². The molecule has 1 rings (SSSR count). The van der Waals surface area contributed by atoms with Crippen LogP contribution in [-0.4, -0.2) is 47.3 Å². The van der Waals surface area contributed by atoms with Crippen molar-refractivity contribution in [3.05, 3.63) is 0 Å². The number of aliphatic carboxylic acids is 1. The highest BCUT2D eigenvalue weighted by atomic mass is 16.4. The first kappa shape index (κ1) is 11.9. The number of hydrogen-bond donors (Lipinski definition) is 4. The maximum atomic E-state index is 11.5. The SMILES string of the molecule is O=C(N[C@H](CCO)C(=O)O)C1CCCN1. The van der Waals surface area contributed by atoms with Gasteiger partial charge in [0.25, 0.3) is 0 Å². The molecule has 2 atom stereocenters. The second kappa shape index (κ2) is 5.67. The lowest BCUT2D eigenvalue weighted by atomic mass is 10.1. The van der Waals surface area contributed by atoms with E-state index in [4.69, 9.17) is 10.2 Å². The van der Waals surface area contributed by atoms with Gasteiger partial charge in [0.1, 0.15) is 6.04 Å². The van der Waals surface area contributed by atoms with Gasteiger partial charge >= 0.3 is 5.97 Å². The van der Waals surface area contributed by atoms with Crippen LogP contribution in [0, 0.1) is 0 Å². The van der Waals surface area contributed by atoms with Gasteiger partial charge in [-0.1, -0.05) is 0 Å². The maximum Gasteiger partial charge on any atom is 0.326 e. The van der Waals surface area contributed by atoms with Crippen LogP contribution in [0.15, 0.2) is 0 Å². The molecule has 1 amide bonds. The van der Waals surface area contributed by atoms with Crippen molar-refractivity contribution >= 4 is 11.9 Å². The number of hydrogen-bond acceptors (Lipinski definition) is 4. The van der Waals surface area contributed by atoms with Gasteiger partial charge in [0.2, 0.25) is 5.91 Å². The smallest absolute Gasteiger partial charge is 0.326 e. The van der Waals surface area contributed by atoms with Crippen LogP contribution >= 0.6 is 0 Å². The third-order valence-corrected chi connectivity index (χ3v) is 2.41. The highest BCUT2D eigenvalue weighted by Gasteiger charge is 2.26. The van der Waals surface area contributed by atoms with Gasteiger partial charge in [-0.15, -0.1) is 0 Å². The Morgan fingerprint density at radius 3 is 2.73 bits per heavy atom. The topological polar surface area (TPSA) is 98.7 Å². The van der Waals surface area contributed by atoms with Crippen LogP contribution in [0.2, 0.25) is 0 Å². The van der Waals surface area contributed by atoms with E-state index in [2.05, 4.69) is 10.6 Å². The molecule has 0 aliphatic carbocycles. The van der Waals surface area contributed by atoms with Crippen LogP contribution in [0.1, 0.15) is 19.3 Å². The van der Waals surface area contributed by atoms with Crippen molar-refractivity contribution in [3.63, 3.8) is 0 Å². The second-order valence-electron chi connectivity index (χ2n) is 3.56. The standard InChI is InChI=1S/C9H16N2O4/c12-5-3-7(9(14)15)11-8(13)6-2-1-4-10-6/h6-7,10,12H,1-5H2,(H,11,13)(H,14,15)/t6?,7-/m1/s1. The van der Waals surface area contributed by atoms with Crippen LogP contribution in [0.3, 0.4) is 0 Å². The summed E-state index contributed by atoms with van der Waals surface area (Å²) in [6.07, 6.45) is 1.70. The van der Waals surface area contributed by atoms with Crippen molar-refractivity contribution in [1.29, 1.82) is 0 Å². The average molecular weight is 216 g/mol. The summed E-state index contributed by atoms with van der Waals surface area (Å²) < 4.78 is 0. The van der Waals surface area contributed by atoms with Gasteiger partial charge < -0.3 is 20.8 Å². The van der Waals surface area contributed by atoms with Gasteiger partial charge in [0.05, 0.1) is 6.04 Å². The molecule has 0 spiro atoms. The van der Waals surface area contributed by atoms with E-state index < -0.39 is 12.0 Å². The lowest BCUT2D eigenvalue weighted by Gasteiger charge is -2.16. The number of carboxylic acids is 1. The highest BCUT2D eigenvalue weighted by Crippen LogP contribution is 2.05. The zero-order chi connectivity index (χ0) is 11.3. The predicted molar refractivity (Wildman–Crippen MR) is 52.3 cm³/mol. The molecule has 86 valence electrons. The van der Waals surface area contributed by atoms with Crippen LogP contribution in [0.4, 0.5) is 0 Å². The molecule has 4 N–H and O–H groups in total. The summed E-state index contributed by atoms with van der Waals surface area (Å²) in [6.45, 7) is 0.533. The number of nitrogens with one attached hydrogen (secondary N) is 2. The lowest BCUT2D eigenvalue weighted by Crippen LogP contribution is -2.48. The van der Waals surface area contributed by atoms with Gasteiger partial charge in [-0.25, -0.2) is 4.79 Å². The number of carbonyl (C=O) groups excluding carboxylic acids is 1. The van der Waals surface area contributed by atoms with Gasteiger partial charge in [-0.05, 0) is 19.4 Å². The number of carboxylic acid groups (broad SMARTS) is 1. The van der Waals surface area contributed by atoms with Crippen LogP contribution in [0.5, 0.6) is 0 Å². The van der Waals surface area contributed by atoms with Gasteiger partial charge in [-0.2, -0.15) is 0 Å². The van der Waals surface area contributed by atoms with Crippen LogP contribution in [0.25, 0.3) is 0 Å². The van der Waals surface area contributed by atoms with E-state index in [9.17, 15) is 9.59 Å². The Bertz CT molecular complexity index is 238. The molecule has 0 aromatic carbocycles. The molecule has 1 fully saturated rings. The Kier molecular flexibility index (Phi) is 4.51. The minimum Gasteiger partial charge on any atom is -0.480 e. The van der Waals surface area contributed by atoms with E-state index in [0.29, 0.717) is 0 Å². The fraction of sp³-hybridized carbons (Fsp3) is 0.778. The van der Waals surface area contributed by atoms with E-state index in [0.717, 1.165) is 19.4 Å². The zero-order valence-electron chi connectivity index (χ0n) is 8.40. The van der Waals surface area contributed by atoms with Crippen molar-refractivity contribution in [2.24, 2.45) is 0 Å². The normalized spacial score (nSPS) is 22.3. The molecule has 1 unspecified atom stereocenters. The van der Waals surface area contributed by atoms with Crippen molar-refractivity contribution in [3.8, 4) is 0 Å². The molecule has 0 bridgehead atoms. The molecule has 6 heteroatoms. The Balaban J connectivity index is 2.42. The third-order valence-electron chi connectivity index (χ3n) is 2.41. The molecule has 1 heterocycles. The molecule has 1 aliphatic heterocycles. The summed E-state index contributed by atoms with van der Waals surface area (Å²) in [4.78, 5) is 22.2. The number of carbonyl (C=O) groups is 2. The monoisotopic (exact) mass is 216 g/mol. The molecule has 6 nitrogen and oxygen atoms in total. The molecule has 15 heavy (non-hydrogen) atoms. The fourth-order valence-electron chi connectivity index (χ4n) is 1.57.